The molecule has 0 radical (unpaired) electrons. The van der Waals surface area contributed by atoms with Crippen molar-refractivity contribution in [1.29, 1.82) is 0 Å². The van der Waals surface area contributed by atoms with Crippen LogP contribution in [0.3, 0.4) is 0 Å². The van der Waals surface area contributed by atoms with Crippen LogP contribution < -0.4 is 14.4 Å². The van der Waals surface area contributed by atoms with Gasteiger partial charge in [-0.25, -0.2) is 18.1 Å². The predicted octanol–water partition coefficient (Wildman–Crippen LogP) is 5.25. The lowest BCUT2D eigenvalue weighted by Gasteiger charge is -2.35. The van der Waals surface area contributed by atoms with E-state index in [1.165, 1.54) is 12.1 Å². The van der Waals surface area contributed by atoms with Crippen molar-refractivity contribution in [3.8, 4) is 17.1 Å². The second-order valence-electron chi connectivity index (χ2n) is 12.2. The third-order valence-electron chi connectivity index (χ3n) is 7.33. The normalized spacial score (nSPS) is 16.7. The average Bonchev–Trinajstić information content (AvgIpc) is 3.41. The van der Waals surface area contributed by atoms with Gasteiger partial charge in [0.05, 0.1) is 41.7 Å². The Bertz CT molecular complexity index is 1760. The molecule has 0 spiro atoms. The minimum atomic E-state index is -4.16. The van der Waals surface area contributed by atoms with E-state index in [4.69, 9.17) is 9.47 Å². The number of carbonyl (C=O) groups is 1. The summed E-state index contributed by atoms with van der Waals surface area (Å²) in [4.78, 5) is 24.9. The van der Waals surface area contributed by atoms with Gasteiger partial charge < -0.3 is 9.47 Å². The fourth-order valence-electron chi connectivity index (χ4n) is 5.40. The molecular formula is C32H38N6O5S. The molecule has 4 aromatic rings. The Morgan fingerprint density at radius 1 is 1.07 bits per heavy atom. The Hall–Kier alpha value is -4.29. The molecule has 232 valence electrons. The van der Waals surface area contributed by atoms with Crippen molar-refractivity contribution in [1.82, 2.24) is 19.7 Å². The van der Waals surface area contributed by atoms with Crippen LogP contribution in [0.15, 0.2) is 65.8 Å². The number of aromatic nitrogens is 4. The number of methoxy groups -OCH3 is 1. The third-order valence-corrected chi connectivity index (χ3v) is 8.66. The van der Waals surface area contributed by atoms with Gasteiger partial charge in [0.2, 0.25) is 11.8 Å². The van der Waals surface area contributed by atoms with Crippen LogP contribution in [0.25, 0.3) is 11.3 Å². The van der Waals surface area contributed by atoms with Crippen LogP contribution in [-0.4, -0.2) is 60.4 Å². The van der Waals surface area contributed by atoms with E-state index in [9.17, 15) is 13.2 Å². The minimum Gasteiger partial charge on any atom is -0.475 e. The molecule has 0 fully saturated rings. The van der Waals surface area contributed by atoms with Crippen LogP contribution in [0.2, 0.25) is 0 Å². The molecule has 1 N–H and O–H groups in total. The number of benzene rings is 2. The maximum absolute atomic E-state index is 14.3. The number of carbonyl (C=O) groups excluding carboxylic acids is 1. The smallest absolute Gasteiger partial charge is 0.264 e. The van der Waals surface area contributed by atoms with E-state index in [1.54, 1.807) is 47.3 Å². The summed E-state index contributed by atoms with van der Waals surface area (Å²) in [6.07, 6.45) is 3.99. The maximum atomic E-state index is 14.3. The van der Waals surface area contributed by atoms with Crippen LogP contribution in [0.1, 0.15) is 48.7 Å². The van der Waals surface area contributed by atoms with Gasteiger partial charge in [0.1, 0.15) is 6.61 Å². The number of aryl methyl sites for hydroxylation is 2. The Kier molecular flexibility index (Phi) is 8.76. The summed E-state index contributed by atoms with van der Waals surface area (Å²) in [5.74, 6) is -0.317. The van der Waals surface area contributed by atoms with Crippen molar-refractivity contribution in [2.75, 3.05) is 29.9 Å². The number of sulfonamides is 1. The molecule has 0 unspecified atom stereocenters. The van der Waals surface area contributed by atoms with Crippen molar-refractivity contribution in [3.05, 3.63) is 77.6 Å². The highest BCUT2D eigenvalue weighted by molar-refractivity contribution is 7.92. The Morgan fingerprint density at radius 2 is 1.80 bits per heavy atom. The van der Waals surface area contributed by atoms with Crippen LogP contribution in [0, 0.1) is 19.3 Å². The van der Waals surface area contributed by atoms with Crippen molar-refractivity contribution >= 4 is 27.6 Å². The summed E-state index contributed by atoms with van der Waals surface area (Å²) in [7, 11) is -2.55. The molecule has 2 aromatic heterocycles. The molecule has 2 aromatic carbocycles. The number of hydrogen-bond acceptors (Lipinski definition) is 8. The monoisotopic (exact) mass is 618 g/mol. The molecule has 1 atom stereocenters. The Labute approximate surface area is 258 Å². The standard InChI is InChI=1S/C32H38N6O5S/c1-21-9-7-10-22(2)29(21)27-16-28-35-31(34-27)36-44(40,41)26-12-8-11-23(15-26)30(39)38(24(20-43-28)17-32(3,4)5)25-18-33-37(19-25)13-14-42-6/h7-12,15-16,18-19,24H,13-14,17,20H2,1-6H3,(H,34,35,36)/t24-/m1/s1. The first-order valence-corrected chi connectivity index (χ1v) is 15.9. The van der Waals surface area contributed by atoms with Gasteiger partial charge in [-0.2, -0.15) is 10.1 Å². The number of anilines is 2. The predicted molar refractivity (Wildman–Crippen MR) is 168 cm³/mol. The van der Waals surface area contributed by atoms with Gasteiger partial charge in [0.15, 0.2) is 0 Å². The highest BCUT2D eigenvalue weighted by atomic mass is 32.2. The summed E-state index contributed by atoms with van der Waals surface area (Å²) in [6.45, 7) is 11.3. The molecule has 4 bridgehead atoms. The van der Waals surface area contributed by atoms with E-state index in [-0.39, 0.29) is 40.2 Å². The molecule has 0 saturated carbocycles. The largest absolute Gasteiger partial charge is 0.475 e. The van der Waals surface area contributed by atoms with Gasteiger partial charge in [-0.05, 0) is 55.0 Å². The first-order chi connectivity index (χ1) is 20.8. The topological polar surface area (TPSA) is 129 Å². The fraction of sp³-hybridized carbons (Fsp3) is 0.375. The fourth-order valence-corrected chi connectivity index (χ4v) is 6.39. The average molecular weight is 619 g/mol. The van der Waals surface area contributed by atoms with Crippen molar-refractivity contribution in [3.63, 3.8) is 0 Å². The zero-order chi connectivity index (χ0) is 31.6. The molecule has 0 aliphatic carbocycles. The first kappa shape index (κ1) is 31.1. The number of nitrogens with one attached hydrogen (secondary N) is 1. The van der Waals surface area contributed by atoms with E-state index in [0.717, 1.165) is 16.7 Å². The Morgan fingerprint density at radius 3 is 2.50 bits per heavy atom. The van der Waals surface area contributed by atoms with E-state index in [2.05, 4.69) is 40.6 Å². The van der Waals surface area contributed by atoms with E-state index >= 15 is 0 Å². The third kappa shape index (κ3) is 6.92. The zero-order valence-electron chi connectivity index (χ0n) is 25.9. The van der Waals surface area contributed by atoms with Gasteiger partial charge in [0.25, 0.3) is 15.9 Å². The van der Waals surface area contributed by atoms with E-state index < -0.39 is 16.1 Å². The van der Waals surface area contributed by atoms with Gasteiger partial charge in [-0.15, -0.1) is 0 Å². The second kappa shape index (κ2) is 12.4. The molecule has 1 amide bonds. The highest BCUT2D eigenvalue weighted by Gasteiger charge is 2.33. The molecule has 11 nitrogen and oxygen atoms in total. The van der Waals surface area contributed by atoms with Gasteiger partial charge >= 0.3 is 0 Å². The summed E-state index contributed by atoms with van der Waals surface area (Å²) in [5, 5.41) is 4.45. The summed E-state index contributed by atoms with van der Waals surface area (Å²) in [6, 6.07) is 13.1. The van der Waals surface area contributed by atoms with Crippen LogP contribution in [0.5, 0.6) is 5.88 Å². The van der Waals surface area contributed by atoms with Crippen LogP contribution in [0.4, 0.5) is 11.6 Å². The molecular weight excluding hydrogens is 580 g/mol. The van der Waals surface area contributed by atoms with Crippen LogP contribution in [-0.2, 0) is 21.3 Å². The van der Waals surface area contributed by atoms with Gasteiger partial charge in [0, 0.05) is 30.5 Å². The molecule has 3 heterocycles. The molecule has 1 aliphatic heterocycles. The number of fused-ring (bicyclic) bond motifs is 4. The first-order valence-electron chi connectivity index (χ1n) is 14.4. The molecule has 44 heavy (non-hydrogen) atoms. The summed E-state index contributed by atoms with van der Waals surface area (Å²) < 4.78 is 42.9. The lowest BCUT2D eigenvalue weighted by Crippen LogP contribution is -2.46. The minimum absolute atomic E-state index is 0.0847. The van der Waals surface area contributed by atoms with Crippen LogP contribution >= 0.6 is 0 Å². The van der Waals surface area contributed by atoms with E-state index in [0.29, 0.717) is 31.0 Å². The van der Waals surface area contributed by atoms with Crippen molar-refractivity contribution in [2.24, 2.45) is 5.41 Å². The molecule has 1 aliphatic rings. The lowest BCUT2D eigenvalue weighted by atomic mass is 9.87. The molecule has 5 rings (SSSR count). The van der Waals surface area contributed by atoms with Gasteiger partial charge in [-0.1, -0.05) is 45.0 Å². The van der Waals surface area contributed by atoms with E-state index in [1.807, 2.05) is 32.0 Å². The van der Waals surface area contributed by atoms with Crippen molar-refractivity contribution in [2.45, 2.75) is 58.5 Å². The summed E-state index contributed by atoms with van der Waals surface area (Å²) >= 11 is 0. The lowest BCUT2D eigenvalue weighted by molar-refractivity contribution is 0.0955. The molecule has 0 saturated heterocycles. The highest BCUT2D eigenvalue weighted by Crippen LogP contribution is 2.32. The number of amides is 1. The number of ether oxygens (including phenoxy) is 2. The second-order valence-corrected chi connectivity index (χ2v) is 13.9. The van der Waals surface area contributed by atoms with Crippen molar-refractivity contribution < 1.29 is 22.7 Å². The number of rotatable bonds is 6. The SMILES string of the molecule is COCCn1cc(N2C(=O)c3cccc(c3)S(=O)(=O)Nc3nc(cc(-c4c(C)cccc4C)n3)OC[C@H]2CC(C)(C)C)cn1. The Balaban J connectivity index is 1.69. The zero-order valence-corrected chi connectivity index (χ0v) is 26.7. The number of hydrogen-bond donors (Lipinski definition) is 1. The quantitative estimate of drug-likeness (QED) is 0.310. The summed E-state index contributed by atoms with van der Waals surface area (Å²) in [5.41, 5.74) is 3.90. The maximum Gasteiger partial charge on any atom is 0.264 e. The van der Waals surface area contributed by atoms with Gasteiger partial charge in [-0.3, -0.25) is 14.4 Å². The number of nitrogens with zero attached hydrogens (tertiary/aromatic N) is 5. The molecule has 12 heteroatoms.